The highest BCUT2D eigenvalue weighted by molar-refractivity contribution is 5.81. The highest BCUT2D eigenvalue weighted by Crippen LogP contribution is 2.17. The first-order valence-corrected chi connectivity index (χ1v) is 6.40. The number of benzene rings is 1. The summed E-state index contributed by atoms with van der Waals surface area (Å²) in [5.41, 5.74) is 3.37. The molecular formula is C15H16N4. The van der Waals surface area contributed by atoms with Crippen molar-refractivity contribution in [1.82, 2.24) is 20.5 Å². The predicted octanol–water partition coefficient (Wildman–Crippen LogP) is 2.81. The van der Waals surface area contributed by atoms with Crippen molar-refractivity contribution in [1.29, 1.82) is 0 Å². The third-order valence-electron chi connectivity index (χ3n) is 3.30. The summed E-state index contributed by atoms with van der Waals surface area (Å²) >= 11 is 0. The molecule has 1 unspecified atom stereocenters. The molecule has 0 saturated heterocycles. The lowest BCUT2D eigenvalue weighted by molar-refractivity contribution is 0.561. The van der Waals surface area contributed by atoms with Crippen LogP contribution in [-0.2, 0) is 6.54 Å². The molecule has 1 atom stereocenters. The van der Waals surface area contributed by atoms with Crippen LogP contribution in [0.5, 0.6) is 0 Å². The van der Waals surface area contributed by atoms with E-state index in [1.165, 1.54) is 10.9 Å². The lowest BCUT2D eigenvalue weighted by Crippen LogP contribution is -2.18. The Kier molecular flexibility index (Phi) is 3.25. The SMILES string of the molecule is CC(NCc1cccc2cccnc12)c1ccn[nH]1. The summed E-state index contributed by atoms with van der Waals surface area (Å²) in [4.78, 5) is 4.46. The molecule has 0 bridgehead atoms. The second kappa shape index (κ2) is 5.20. The standard InChI is InChI=1S/C15H16N4/c1-11(14-7-9-18-19-14)17-10-13-5-2-4-12-6-3-8-16-15(12)13/h2-9,11,17H,10H2,1H3,(H,18,19). The van der Waals surface area contributed by atoms with Crippen molar-refractivity contribution in [2.45, 2.75) is 19.5 Å². The first-order valence-electron chi connectivity index (χ1n) is 6.40. The zero-order valence-electron chi connectivity index (χ0n) is 10.8. The molecule has 3 rings (SSSR count). The molecule has 0 saturated carbocycles. The van der Waals surface area contributed by atoms with Gasteiger partial charge in [0.2, 0.25) is 0 Å². The molecule has 2 N–H and O–H groups in total. The van der Waals surface area contributed by atoms with E-state index in [1.807, 2.05) is 18.3 Å². The summed E-state index contributed by atoms with van der Waals surface area (Å²) in [6.45, 7) is 2.90. The van der Waals surface area contributed by atoms with E-state index >= 15 is 0 Å². The van der Waals surface area contributed by atoms with Crippen molar-refractivity contribution < 1.29 is 0 Å². The van der Waals surface area contributed by atoms with Gasteiger partial charge in [-0.15, -0.1) is 0 Å². The van der Waals surface area contributed by atoms with Gasteiger partial charge in [-0.2, -0.15) is 5.10 Å². The second-order valence-corrected chi connectivity index (χ2v) is 4.61. The average Bonchev–Trinajstić information content (AvgIpc) is 2.99. The minimum Gasteiger partial charge on any atom is -0.305 e. The number of pyridine rings is 1. The lowest BCUT2D eigenvalue weighted by atomic mass is 10.1. The number of para-hydroxylation sites is 1. The second-order valence-electron chi connectivity index (χ2n) is 4.61. The Morgan fingerprint density at radius 1 is 1.16 bits per heavy atom. The minimum absolute atomic E-state index is 0.237. The smallest absolute Gasteiger partial charge is 0.0746 e. The van der Waals surface area contributed by atoms with Gasteiger partial charge in [0.1, 0.15) is 0 Å². The van der Waals surface area contributed by atoms with Crippen LogP contribution in [0.1, 0.15) is 24.2 Å². The number of nitrogens with zero attached hydrogens (tertiary/aromatic N) is 2. The largest absolute Gasteiger partial charge is 0.305 e. The molecule has 0 aliphatic carbocycles. The molecule has 0 aliphatic rings. The zero-order valence-corrected chi connectivity index (χ0v) is 10.8. The molecule has 19 heavy (non-hydrogen) atoms. The van der Waals surface area contributed by atoms with Gasteiger partial charge in [0.25, 0.3) is 0 Å². The summed E-state index contributed by atoms with van der Waals surface area (Å²) in [7, 11) is 0. The maximum atomic E-state index is 4.46. The van der Waals surface area contributed by atoms with Crippen LogP contribution >= 0.6 is 0 Å². The minimum atomic E-state index is 0.237. The topological polar surface area (TPSA) is 53.6 Å². The third kappa shape index (κ3) is 2.48. The Bertz CT molecular complexity index is 655. The van der Waals surface area contributed by atoms with E-state index in [-0.39, 0.29) is 6.04 Å². The van der Waals surface area contributed by atoms with Crippen molar-refractivity contribution in [2.75, 3.05) is 0 Å². The van der Waals surface area contributed by atoms with Crippen LogP contribution < -0.4 is 5.32 Å². The molecule has 0 amide bonds. The van der Waals surface area contributed by atoms with Crippen LogP contribution in [0.4, 0.5) is 0 Å². The fourth-order valence-electron chi connectivity index (χ4n) is 2.19. The molecule has 4 nitrogen and oxygen atoms in total. The third-order valence-corrected chi connectivity index (χ3v) is 3.30. The van der Waals surface area contributed by atoms with Crippen LogP contribution in [0.15, 0.2) is 48.8 Å². The highest BCUT2D eigenvalue weighted by atomic mass is 15.1. The summed E-state index contributed by atoms with van der Waals surface area (Å²) in [6.07, 6.45) is 3.61. The van der Waals surface area contributed by atoms with E-state index in [1.54, 1.807) is 6.20 Å². The molecule has 3 aromatic rings. The Balaban J connectivity index is 1.79. The number of H-pyrrole nitrogens is 1. The van der Waals surface area contributed by atoms with Gasteiger partial charge in [-0.25, -0.2) is 0 Å². The van der Waals surface area contributed by atoms with E-state index < -0.39 is 0 Å². The average molecular weight is 252 g/mol. The highest BCUT2D eigenvalue weighted by Gasteiger charge is 2.07. The normalized spacial score (nSPS) is 12.7. The van der Waals surface area contributed by atoms with Gasteiger partial charge in [-0.05, 0) is 24.6 Å². The molecule has 0 spiro atoms. The van der Waals surface area contributed by atoms with Crippen LogP contribution in [-0.4, -0.2) is 15.2 Å². The number of hydrogen-bond donors (Lipinski definition) is 2. The van der Waals surface area contributed by atoms with Gasteiger partial charge < -0.3 is 5.32 Å². The number of hydrogen-bond acceptors (Lipinski definition) is 3. The van der Waals surface area contributed by atoms with Crippen molar-refractivity contribution in [3.63, 3.8) is 0 Å². The Morgan fingerprint density at radius 3 is 2.89 bits per heavy atom. The molecule has 96 valence electrons. The monoisotopic (exact) mass is 252 g/mol. The lowest BCUT2D eigenvalue weighted by Gasteiger charge is -2.13. The van der Waals surface area contributed by atoms with E-state index in [2.05, 4.69) is 51.7 Å². The Hall–Kier alpha value is -2.20. The van der Waals surface area contributed by atoms with Crippen molar-refractivity contribution in [3.8, 4) is 0 Å². The van der Waals surface area contributed by atoms with Gasteiger partial charge in [-0.3, -0.25) is 10.1 Å². The number of rotatable bonds is 4. The Labute approximate surface area is 111 Å². The van der Waals surface area contributed by atoms with E-state index in [9.17, 15) is 0 Å². The maximum Gasteiger partial charge on any atom is 0.0746 e. The summed E-state index contributed by atoms with van der Waals surface area (Å²) in [5, 5.41) is 11.6. The summed E-state index contributed by atoms with van der Waals surface area (Å²) in [6, 6.07) is 12.5. The molecule has 0 fully saturated rings. The van der Waals surface area contributed by atoms with Gasteiger partial charge in [0.15, 0.2) is 0 Å². The van der Waals surface area contributed by atoms with Crippen molar-refractivity contribution >= 4 is 10.9 Å². The van der Waals surface area contributed by atoms with E-state index in [0.29, 0.717) is 0 Å². The molecule has 4 heteroatoms. The van der Waals surface area contributed by atoms with Gasteiger partial charge in [0.05, 0.1) is 11.2 Å². The fraction of sp³-hybridized carbons (Fsp3) is 0.200. The van der Waals surface area contributed by atoms with Crippen molar-refractivity contribution in [3.05, 3.63) is 60.0 Å². The first-order chi connectivity index (χ1) is 9.34. The molecule has 2 aromatic heterocycles. The zero-order chi connectivity index (χ0) is 13.1. The quantitative estimate of drug-likeness (QED) is 0.750. The fourth-order valence-corrected chi connectivity index (χ4v) is 2.19. The first kappa shape index (κ1) is 11.9. The van der Waals surface area contributed by atoms with Crippen LogP contribution in [0.2, 0.25) is 0 Å². The number of fused-ring (bicyclic) bond motifs is 1. The van der Waals surface area contributed by atoms with Crippen LogP contribution in [0, 0.1) is 0 Å². The summed E-state index contributed by atoms with van der Waals surface area (Å²) in [5.74, 6) is 0. The predicted molar refractivity (Wildman–Crippen MR) is 75.6 cm³/mol. The van der Waals surface area contributed by atoms with Gasteiger partial charge in [0, 0.05) is 30.4 Å². The van der Waals surface area contributed by atoms with Gasteiger partial charge >= 0.3 is 0 Å². The number of nitrogens with one attached hydrogen (secondary N) is 2. The molecule has 0 radical (unpaired) electrons. The summed E-state index contributed by atoms with van der Waals surface area (Å²) < 4.78 is 0. The number of aromatic nitrogens is 3. The molecule has 2 heterocycles. The molecule has 1 aromatic carbocycles. The van der Waals surface area contributed by atoms with E-state index in [4.69, 9.17) is 0 Å². The van der Waals surface area contributed by atoms with Crippen LogP contribution in [0.3, 0.4) is 0 Å². The van der Waals surface area contributed by atoms with Crippen molar-refractivity contribution in [2.24, 2.45) is 0 Å². The van der Waals surface area contributed by atoms with Gasteiger partial charge in [-0.1, -0.05) is 24.3 Å². The number of aromatic amines is 1. The molecule has 0 aliphatic heterocycles. The van der Waals surface area contributed by atoms with Crippen LogP contribution in [0.25, 0.3) is 10.9 Å². The van der Waals surface area contributed by atoms with E-state index in [0.717, 1.165) is 17.8 Å². The molecular weight excluding hydrogens is 236 g/mol. The maximum absolute atomic E-state index is 4.46. The Morgan fingerprint density at radius 2 is 2.05 bits per heavy atom.